The van der Waals surface area contributed by atoms with Crippen LogP contribution in [0, 0.1) is 0 Å². The van der Waals surface area contributed by atoms with Crippen molar-refractivity contribution in [3.05, 3.63) is 24.0 Å². The predicted molar refractivity (Wildman–Crippen MR) is 62.9 cm³/mol. The Morgan fingerprint density at radius 3 is 2.53 bits per heavy atom. The van der Waals surface area contributed by atoms with E-state index in [4.69, 9.17) is 5.73 Å². The Bertz CT molecular complexity index is 299. The highest BCUT2D eigenvalue weighted by molar-refractivity contribution is 5.45. The Morgan fingerprint density at radius 1 is 1.27 bits per heavy atom. The van der Waals surface area contributed by atoms with Crippen molar-refractivity contribution in [2.45, 2.75) is 32.2 Å². The van der Waals surface area contributed by atoms with Gasteiger partial charge in [0.2, 0.25) is 0 Å². The predicted octanol–water partition coefficient (Wildman–Crippen LogP) is 2.09. The summed E-state index contributed by atoms with van der Waals surface area (Å²) in [5, 5.41) is 0. The van der Waals surface area contributed by atoms with E-state index in [1.54, 1.807) is 0 Å². The number of nitrogens with two attached hydrogens (primary N) is 1. The lowest BCUT2D eigenvalue weighted by Crippen LogP contribution is -2.29. The van der Waals surface area contributed by atoms with E-state index in [9.17, 15) is 0 Å². The quantitative estimate of drug-likeness (QED) is 0.804. The summed E-state index contributed by atoms with van der Waals surface area (Å²) < 4.78 is 0. The van der Waals surface area contributed by atoms with E-state index < -0.39 is 0 Å². The molecule has 2 heterocycles. The number of piperidine rings is 1. The second-order valence-corrected chi connectivity index (χ2v) is 4.28. The maximum Gasteiger partial charge on any atom is 0.0569 e. The normalized spacial score (nSPS) is 18.9. The van der Waals surface area contributed by atoms with Gasteiger partial charge in [-0.1, -0.05) is 0 Å². The molecule has 0 bridgehead atoms. The lowest BCUT2D eigenvalue weighted by molar-refractivity contribution is 0.577. The molecule has 1 aliphatic rings. The zero-order valence-electron chi connectivity index (χ0n) is 9.32. The number of pyridine rings is 1. The molecule has 3 heteroatoms. The molecule has 1 saturated heterocycles. The van der Waals surface area contributed by atoms with Gasteiger partial charge < -0.3 is 10.6 Å². The summed E-state index contributed by atoms with van der Waals surface area (Å²) in [6.45, 7) is 4.29. The molecular weight excluding hydrogens is 186 g/mol. The van der Waals surface area contributed by atoms with Gasteiger partial charge in [0.05, 0.1) is 17.6 Å². The number of rotatable bonds is 2. The average Bonchev–Trinajstić information content (AvgIpc) is 2.30. The molecule has 1 aliphatic heterocycles. The Labute approximate surface area is 91.3 Å². The van der Waals surface area contributed by atoms with Crippen LogP contribution in [0.5, 0.6) is 0 Å². The van der Waals surface area contributed by atoms with Gasteiger partial charge in [0.25, 0.3) is 0 Å². The van der Waals surface area contributed by atoms with Crippen molar-refractivity contribution in [2.24, 2.45) is 5.73 Å². The zero-order chi connectivity index (χ0) is 10.7. The summed E-state index contributed by atoms with van der Waals surface area (Å²) in [4.78, 5) is 6.79. The molecule has 1 fully saturated rings. The molecule has 1 unspecified atom stereocenters. The van der Waals surface area contributed by atoms with Gasteiger partial charge in [-0.05, 0) is 38.3 Å². The first-order chi connectivity index (χ1) is 7.27. The Morgan fingerprint density at radius 2 is 2.00 bits per heavy atom. The highest BCUT2D eigenvalue weighted by Crippen LogP contribution is 2.19. The van der Waals surface area contributed by atoms with Crippen LogP contribution in [0.4, 0.5) is 5.69 Å². The molecule has 2 N–H and O–H groups in total. The molecule has 0 aliphatic carbocycles. The zero-order valence-corrected chi connectivity index (χ0v) is 9.32. The molecule has 3 nitrogen and oxygen atoms in total. The molecule has 0 saturated carbocycles. The minimum absolute atomic E-state index is 0.0282. The van der Waals surface area contributed by atoms with Crippen LogP contribution in [0.1, 0.15) is 37.9 Å². The molecular formula is C12H19N3. The van der Waals surface area contributed by atoms with Gasteiger partial charge in [0.1, 0.15) is 0 Å². The molecule has 0 aromatic carbocycles. The van der Waals surface area contributed by atoms with Crippen molar-refractivity contribution in [3.63, 3.8) is 0 Å². The average molecular weight is 205 g/mol. The Kier molecular flexibility index (Phi) is 3.21. The number of hydrogen-bond donors (Lipinski definition) is 1. The fourth-order valence-corrected chi connectivity index (χ4v) is 2.01. The first-order valence-corrected chi connectivity index (χ1v) is 5.74. The highest BCUT2D eigenvalue weighted by Gasteiger charge is 2.11. The van der Waals surface area contributed by atoms with Crippen molar-refractivity contribution >= 4 is 5.69 Å². The maximum atomic E-state index is 5.77. The SMILES string of the molecule is CC(N)c1ccc(N2CCCCC2)cn1. The Hall–Kier alpha value is -1.09. The fourth-order valence-electron chi connectivity index (χ4n) is 2.01. The van der Waals surface area contributed by atoms with Crippen LogP contribution in [0.25, 0.3) is 0 Å². The summed E-state index contributed by atoms with van der Waals surface area (Å²) in [6, 6.07) is 4.20. The summed E-state index contributed by atoms with van der Waals surface area (Å²) in [7, 11) is 0. The second kappa shape index (κ2) is 4.62. The van der Waals surface area contributed by atoms with Crippen LogP contribution >= 0.6 is 0 Å². The van der Waals surface area contributed by atoms with Gasteiger partial charge in [-0.3, -0.25) is 4.98 Å². The third-order valence-corrected chi connectivity index (χ3v) is 2.96. The first-order valence-electron chi connectivity index (χ1n) is 5.74. The second-order valence-electron chi connectivity index (χ2n) is 4.28. The van der Waals surface area contributed by atoms with E-state index in [0.717, 1.165) is 5.69 Å². The number of anilines is 1. The summed E-state index contributed by atoms with van der Waals surface area (Å²) in [5.41, 5.74) is 7.97. The van der Waals surface area contributed by atoms with Gasteiger partial charge in [0, 0.05) is 19.1 Å². The van der Waals surface area contributed by atoms with Crippen molar-refractivity contribution < 1.29 is 0 Å². The molecule has 2 rings (SSSR count). The van der Waals surface area contributed by atoms with Crippen molar-refractivity contribution in [3.8, 4) is 0 Å². The van der Waals surface area contributed by atoms with Crippen LogP contribution in [0.3, 0.4) is 0 Å². The van der Waals surface area contributed by atoms with E-state index >= 15 is 0 Å². The van der Waals surface area contributed by atoms with Gasteiger partial charge in [-0.2, -0.15) is 0 Å². The van der Waals surface area contributed by atoms with Gasteiger partial charge in [0.15, 0.2) is 0 Å². The molecule has 0 amide bonds. The van der Waals surface area contributed by atoms with Crippen molar-refractivity contribution in [1.29, 1.82) is 0 Å². The lowest BCUT2D eigenvalue weighted by atomic mass is 10.1. The van der Waals surface area contributed by atoms with E-state index in [1.165, 1.54) is 38.0 Å². The minimum atomic E-state index is 0.0282. The van der Waals surface area contributed by atoms with Crippen LogP contribution in [-0.4, -0.2) is 18.1 Å². The summed E-state index contributed by atoms with van der Waals surface area (Å²) in [5.74, 6) is 0. The van der Waals surface area contributed by atoms with Gasteiger partial charge in [-0.15, -0.1) is 0 Å². The summed E-state index contributed by atoms with van der Waals surface area (Å²) in [6.07, 6.45) is 5.91. The third-order valence-electron chi connectivity index (χ3n) is 2.96. The van der Waals surface area contributed by atoms with Crippen molar-refractivity contribution in [2.75, 3.05) is 18.0 Å². The smallest absolute Gasteiger partial charge is 0.0569 e. The van der Waals surface area contributed by atoms with E-state index in [2.05, 4.69) is 16.0 Å². The third kappa shape index (κ3) is 2.48. The number of aromatic nitrogens is 1. The fraction of sp³-hybridized carbons (Fsp3) is 0.583. The van der Waals surface area contributed by atoms with E-state index in [0.29, 0.717) is 0 Å². The topological polar surface area (TPSA) is 42.1 Å². The molecule has 0 spiro atoms. The number of hydrogen-bond acceptors (Lipinski definition) is 3. The van der Waals surface area contributed by atoms with Crippen LogP contribution in [0.2, 0.25) is 0 Å². The molecule has 1 atom stereocenters. The Balaban J connectivity index is 2.08. The molecule has 15 heavy (non-hydrogen) atoms. The molecule has 82 valence electrons. The molecule has 1 aromatic heterocycles. The standard InChI is InChI=1S/C12H19N3/c1-10(13)12-6-5-11(9-14-12)15-7-3-2-4-8-15/h5-6,9-10H,2-4,7-8,13H2,1H3. The van der Waals surface area contributed by atoms with E-state index in [1.807, 2.05) is 19.2 Å². The van der Waals surface area contributed by atoms with Crippen LogP contribution in [-0.2, 0) is 0 Å². The molecule has 0 radical (unpaired) electrons. The maximum absolute atomic E-state index is 5.77. The lowest BCUT2D eigenvalue weighted by Gasteiger charge is -2.28. The number of nitrogens with zero attached hydrogens (tertiary/aromatic N) is 2. The van der Waals surface area contributed by atoms with Gasteiger partial charge >= 0.3 is 0 Å². The van der Waals surface area contributed by atoms with E-state index in [-0.39, 0.29) is 6.04 Å². The largest absolute Gasteiger partial charge is 0.370 e. The molecule has 1 aromatic rings. The monoisotopic (exact) mass is 205 g/mol. The highest BCUT2D eigenvalue weighted by atomic mass is 15.1. The van der Waals surface area contributed by atoms with Gasteiger partial charge in [-0.25, -0.2) is 0 Å². The first kappa shape index (κ1) is 10.4. The van der Waals surface area contributed by atoms with Crippen molar-refractivity contribution in [1.82, 2.24) is 4.98 Å². The minimum Gasteiger partial charge on any atom is -0.370 e. The van der Waals surface area contributed by atoms with Crippen LogP contribution < -0.4 is 10.6 Å². The summed E-state index contributed by atoms with van der Waals surface area (Å²) >= 11 is 0. The van der Waals surface area contributed by atoms with Crippen LogP contribution in [0.15, 0.2) is 18.3 Å².